The summed E-state index contributed by atoms with van der Waals surface area (Å²) in [5.74, 6) is 0.152. The number of amides is 1. The highest BCUT2D eigenvalue weighted by Gasteiger charge is 2.33. The zero-order valence-electron chi connectivity index (χ0n) is 19.7. The van der Waals surface area contributed by atoms with Gasteiger partial charge in [-0.2, -0.15) is 5.10 Å². The Bertz CT molecular complexity index is 892. The second-order valence-electron chi connectivity index (χ2n) is 9.83. The quantitative estimate of drug-likeness (QED) is 0.778. The fraction of sp³-hybridized carbons (Fsp3) is 0.696. The molecule has 3 heterocycles. The molecule has 0 aliphatic carbocycles. The van der Waals surface area contributed by atoms with Crippen molar-refractivity contribution in [1.29, 1.82) is 0 Å². The van der Waals surface area contributed by atoms with Crippen molar-refractivity contribution in [2.75, 3.05) is 19.6 Å². The van der Waals surface area contributed by atoms with Crippen molar-refractivity contribution in [2.45, 2.75) is 85.1 Å². The lowest BCUT2D eigenvalue weighted by atomic mass is 9.99. The molecule has 0 bridgehead atoms. The van der Waals surface area contributed by atoms with E-state index in [1.165, 1.54) is 0 Å². The minimum absolute atomic E-state index is 0.0740. The highest BCUT2D eigenvalue weighted by molar-refractivity contribution is 6.05. The van der Waals surface area contributed by atoms with Gasteiger partial charge >= 0.3 is 0 Å². The van der Waals surface area contributed by atoms with E-state index in [0.717, 1.165) is 29.8 Å². The predicted octanol–water partition coefficient (Wildman–Crippen LogP) is 3.75. The number of nitrogens with one attached hydrogen (secondary N) is 1. The van der Waals surface area contributed by atoms with Crippen molar-refractivity contribution in [2.24, 2.45) is 0 Å². The highest BCUT2D eigenvalue weighted by atomic mass is 16.5. The smallest absolute Gasteiger partial charge is 0.252 e. The number of morpholine rings is 1. The molecule has 0 aromatic carbocycles. The largest absolute Gasteiger partial charge is 0.373 e. The van der Waals surface area contributed by atoms with E-state index >= 15 is 0 Å². The summed E-state index contributed by atoms with van der Waals surface area (Å²) in [6.07, 6.45) is 2.15. The van der Waals surface area contributed by atoms with Gasteiger partial charge in [-0.25, -0.2) is 9.67 Å². The zero-order chi connectivity index (χ0) is 22.2. The van der Waals surface area contributed by atoms with Gasteiger partial charge in [-0.1, -0.05) is 13.8 Å². The van der Waals surface area contributed by atoms with Crippen LogP contribution in [0.3, 0.4) is 0 Å². The lowest BCUT2D eigenvalue weighted by Gasteiger charge is -2.45. The number of hydrogen-bond acceptors (Lipinski definition) is 5. The van der Waals surface area contributed by atoms with Gasteiger partial charge in [-0.05, 0) is 53.5 Å². The molecule has 7 nitrogen and oxygen atoms in total. The van der Waals surface area contributed by atoms with Crippen molar-refractivity contribution in [3.8, 4) is 0 Å². The molecule has 1 amide bonds. The number of ether oxygens (including phenoxy) is 1. The van der Waals surface area contributed by atoms with Gasteiger partial charge in [0.05, 0.1) is 29.4 Å². The fourth-order valence-corrected chi connectivity index (χ4v) is 4.07. The van der Waals surface area contributed by atoms with Gasteiger partial charge in [0.15, 0.2) is 5.65 Å². The molecule has 1 aliphatic rings. The minimum atomic E-state index is -0.170. The lowest BCUT2D eigenvalue weighted by molar-refractivity contribution is -0.0948. The normalized spacial score (nSPS) is 21.0. The maximum Gasteiger partial charge on any atom is 0.252 e. The third kappa shape index (κ3) is 4.67. The summed E-state index contributed by atoms with van der Waals surface area (Å²) < 4.78 is 7.75. The molecule has 2 atom stereocenters. The Morgan fingerprint density at radius 2 is 1.87 bits per heavy atom. The number of pyridine rings is 1. The number of rotatable bonds is 6. The third-order valence-electron chi connectivity index (χ3n) is 5.87. The van der Waals surface area contributed by atoms with Gasteiger partial charge in [0.25, 0.3) is 5.91 Å². The van der Waals surface area contributed by atoms with Crippen LogP contribution in [0.1, 0.15) is 83.4 Å². The van der Waals surface area contributed by atoms with E-state index in [-0.39, 0.29) is 35.6 Å². The van der Waals surface area contributed by atoms with Gasteiger partial charge in [0.1, 0.15) is 0 Å². The summed E-state index contributed by atoms with van der Waals surface area (Å²) in [6, 6.07) is 2.10. The predicted molar refractivity (Wildman–Crippen MR) is 120 cm³/mol. The summed E-state index contributed by atoms with van der Waals surface area (Å²) in [4.78, 5) is 20.5. The maximum absolute atomic E-state index is 13.3. The minimum Gasteiger partial charge on any atom is -0.373 e. The van der Waals surface area contributed by atoms with Crippen LogP contribution in [-0.2, 0) is 4.74 Å². The number of fused-ring (bicyclic) bond motifs is 1. The first-order chi connectivity index (χ1) is 14.0. The summed E-state index contributed by atoms with van der Waals surface area (Å²) in [5, 5.41) is 8.47. The van der Waals surface area contributed by atoms with E-state index in [2.05, 4.69) is 70.7 Å². The Kier molecular flexibility index (Phi) is 6.53. The first-order valence-corrected chi connectivity index (χ1v) is 11.1. The molecular weight excluding hydrogens is 378 g/mol. The van der Waals surface area contributed by atoms with E-state index in [4.69, 9.17) is 9.72 Å². The van der Waals surface area contributed by atoms with Crippen molar-refractivity contribution in [1.82, 2.24) is 25.0 Å². The van der Waals surface area contributed by atoms with Crippen LogP contribution in [0, 0.1) is 0 Å². The molecular formula is C23H37N5O2. The van der Waals surface area contributed by atoms with Crippen molar-refractivity contribution in [3.63, 3.8) is 0 Å². The van der Waals surface area contributed by atoms with E-state index < -0.39 is 0 Å². The first-order valence-electron chi connectivity index (χ1n) is 11.1. The van der Waals surface area contributed by atoms with Crippen LogP contribution in [0.25, 0.3) is 11.0 Å². The van der Waals surface area contributed by atoms with Crippen LogP contribution in [0.4, 0.5) is 0 Å². The fourth-order valence-electron chi connectivity index (χ4n) is 4.07. The summed E-state index contributed by atoms with van der Waals surface area (Å²) in [5.41, 5.74) is 2.16. The summed E-state index contributed by atoms with van der Waals surface area (Å²) >= 11 is 0. The zero-order valence-corrected chi connectivity index (χ0v) is 19.7. The molecule has 1 saturated heterocycles. The van der Waals surface area contributed by atoms with E-state index in [9.17, 15) is 4.79 Å². The maximum atomic E-state index is 13.3. The molecule has 0 spiro atoms. The second-order valence-corrected chi connectivity index (χ2v) is 9.83. The van der Waals surface area contributed by atoms with Gasteiger partial charge in [0.2, 0.25) is 0 Å². The number of aromatic nitrogens is 3. The Hall–Kier alpha value is -1.99. The molecule has 7 heteroatoms. The first kappa shape index (κ1) is 22.7. The molecule has 0 radical (unpaired) electrons. The second kappa shape index (κ2) is 8.63. The van der Waals surface area contributed by atoms with Crippen LogP contribution in [0.15, 0.2) is 12.3 Å². The molecule has 166 valence electrons. The third-order valence-corrected chi connectivity index (χ3v) is 5.87. The van der Waals surface area contributed by atoms with Crippen LogP contribution in [0.5, 0.6) is 0 Å². The van der Waals surface area contributed by atoms with Gasteiger partial charge in [-0.15, -0.1) is 0 Å². The van der Waals surface area contributed by atoms with Gasteiger partial charge in [0, 0.05) is 36.9 Å². The Morgan fingerprint density at radius 3 is 2.43 bits per heavy atom. The van der Waals surface area contributed by atoms with Crippen LogP contribution in [0.2, 0.25) is 0 Å². The van der Waals surface area contributed by atoms with Crippen LogP contribution >= 0.6 is 0 Å². The molecule has 3 rings (SSSR count). The molecule has 0 saturated carbocycles. The SMILES string of the molecule is CC(C)c1cc(C(=O)NCC(C)(C)N2C[C@@H](C)O[C@@H](C)C2)c2cnn(C(C)C)c2n1. The number of nitrogens with zero attached hydrogens (tertiary/aromatic N) is 4. The van der Waals surface area contributed by atoms with Crippen molar-refractivity contribution < 1.29 is 9.53 Å². The summed E-state index contributed by atoms with van der Waals surface area (Å²) in [6.45, 7) is 19.2. The average molecular weight is 416 g/mol. The highest BCUT2D eigenvalue weighted by Crippen LogP contribution is 2.25. The Morgan fingerprint density at radius 1 is 1.23 bits per heavy atom. The standard InChI is InChI=1S/C23H37N5O2/c1-14(2)20-9-18(19-10-25-28(15(3)4)21(19)26-20)22(29)24-13-23(7,8)27-11-16(5)30-17(6)12-27/h9-10,14-17H,11-13H2,1-8H3,(H,24,29)/t16-,17+. The van der Waals surface area contributed by atoms with E-state index in [1.807, 2.05) is 10.7 Å². The van der Waals surface area contributed by atoms with Gasteiger partial charge < -0.3 is 10.1 Å². The van der Waals surface area contributed by atoms with E-state index in [1.54, 1.807) is 6.20 Å². The van der Waals surface area contributed by atoms with Crippen molar-refractivity contribution in [3.05, 3.63) is 23.5 Å². The molecule has 1 fully saturated rings. The topological polar surface area (TPSA) is 72.3 Å². The Labute approximate surface area is 180 Å². The number of carbonyl (C=O) groups is 1. The summed E-state index contributed by atoms with van der Waals surface area (Å²) in [7, 11) is 0. The molecule has 0 unspecified atom stereocenters. The van der Waals surface area contributed by atoms with Gasteiger partial charge in [-0.3, -0.25) is 9.69 Å². The Balaban J connectivity index is 1.84. The molecule has 2 aromatic heterocycles. The van der Waals surface area contributed by atoms with Crippen LogP contribution < -0.4 is 5.32 Å². The number of hydrogen-bond donors (Lipinski definition) is 1. The van der Waals surface area contributed by atoms with Crippen molar-refractivity contribution >= 4 is 16.9 Å². The van der Waals surface area contributed by atoms with Crippen LogP contribution in [-0.4, -0.2) is 63.0 Å². The molecule has 1 aliphatic heterocycles. The molecule has 30 heavy (non-hydrogen) atoms. The van der Waals surface area contributed by atoms with E-state index in [0.29, 0.717) is 12.1 Å². The average Bonchev–Trinajstić information content (AvgIpc) is 3.08. The lowest BCUT2D eigenvalue weighted by Crippen LogP contribution is -2.58. The monoisotopic (exact) mass is 415 g/mol. The molecule has 1 N–H and O–H groups in total. The number of carbonyl (C=O) groups excluding carboxylic acids is 1. The molecule has 2 aromatic rings.